The van der Waals surface area contributed by atoms with Gasteiger partial charge in [0.1, 0.15) is 0 Å². The minimum atomic E-state index is 0. The van der Waals surface area contributed by atoms with E-state index >= 15 is 0 Å². The summed E-state index contributed by atoms with van der Waals surface area (Å²) in [6, 6.07) is 0. The Morgan fingerprint density at radius 1 is 0.900 bits per heavy atom. The first-order chi connectivity index (χ1) is 4.41. The van der Waals surface area contributed by atoms with E-state index < -0.39 is 0 Å². The molecule has 0 aromatic heterocycles. The molecule has 0 saturated heterocycles. The van der Waals surface area contributed by atoms with Gasteiger partial charge in [0.2, 0.25) is 0 Å². The molecule has 0 aromatic carbocycles. The Morgan fingerprint density at radius 2 is 1.40 bits per heavy atom. The molecule has 0 aliphatic rings. The number of hydrogen-bond donors (Lipinski definition) is 1. The zero-order valence-electron chi connectivity index (χ0n) is 6.97. The quantitative estimate of drug-likeness (QED) is 0.581. The van der Waals surface area contributed by atoms with Crippen molar-refractivity contribution in [1.82, 2.24) is 0 Å². The van der Waals surface area contributed by atoms with Crippen LogP contribution in [0.2, 0.25) is 0 Å². The number of hydrogen-bond acceptors (Lipinski definition) is 1. The molecule has 1 nitrogen and oxygen atoms in total. The molecular weight excluding hydrogens is 319 g/mol. The van der Waals surface area contributed by atoms with Gasteiger partial charge in [-0.25, -0.2) is 0 Å². The van der Waals surface area contributed by atoms with E-state index in [1.807, 2.05) is 0 Å². The van der Waals surface area contributed by atoms with Crippen LogP contribution in [0.1, 0.15) is 45.4 Å². The van der Waals surface area contributed by atoms with E-state index in [1.165, 1.54) is 38.5 Å². The van der Waals surface area contributed by atoms with Crippen LogP contribution in [0.15, 0.2) is 0 Å². The van der Waals surface area contributed by atoms with E-state index in [0.29, 0.717) is 0 Å². The van der Waals surface area contributed by atoms with E-state index in [4.69, 9.17) is 5.73 Å². The Kier molecular flexibility index (Phi) is 16.8. The van der Waals surface area contributed by atoms with Gasteiger partial charge in [0.25, 0.3) is 0 Å². The third kappa shape index (κ3) is 11.6. The zero-order chi connectivity index (χ0) is 6.95. The fraction of sp³-hybridized carbons (Fsp3) is 1.00. The summed E-state index contributed by atoms with van der Waals surface area (Å²) in [7, 11) is 0. The third-order valence-corrected chi connectivity index (χ3v) is 1.56. The average Bonchev–Trinajstić information content (AvgIpc) is 1.89. The molecule has 0 spiro atoms. The molecule has 2 N–H and O–H groups in total. The minimum absolute atomic E-state index is 0. The van der Waals surface area contributed by atoms with Crippen molar-refractivity contribution in [1.29, 1.82) is 0 Å². The van der Waals surface area contributed by atoms with Gasteiger partial charge in [-0.2, -0.15) is 0 Å². The van der Waals surface area contributed by atoms with Crippen molar-refractivity contribution in [2.45, 2.75) is 45.4 Å². The molecule has 0 heterocycles. The Balaban J connectivity index is 0. The molecule has 0 fully saturated rings. The molecular formula is C8H19BiN. The molecule has 0 atom stereocenters. The smallest absolute Gasteiger partial charge is 0 e. The summed E-state index contributed by atoms with van der Waals surface area (Å²) in [5, 5.41) is 0. The normalized spacial score (nSPS) is 9.00. The topological polar surface area (TPSA) is 26.0 Å². The van der Waals surface area contributed by atoms with Crippen LogP contribution in [0.25, 0.3) is 0 Å². The first-order valence-corrected chi connectivity index (χ1v) is 4.12. The molecule has 0 aliphatic heterocycles. The second kappa shape index (κ2) is 12.5. The maximum atomic E-state index is 5.34. The predicted octanol–water partition coefficient (Wildman–Crippen LogP) is 1.92. The standard InChI is InChI=1S/C8H19N.Bi/c1-2-3-4-5-6-7-8-9;/h2-9H2,1H3;. The summed E-state index contributed by atoms with van der Waals surface area (Å²) < 4.78 is 0. The molecule has 10 heavy (non-hydrogen) atoms. The minimum Gasteiger partial charge on any atom is -0.330 e. The second-order valence-corrected chi connectivity index (χ2v) is 2.56. The van der Waals surface area contributed by atoms with Crippen molar-refractivity contribution < 1.29 is 0 Å². The van der Waals surface area contributed by atoms with Gasteiger partial charge in [0, 0.05) is 26.2 Å². The summed E-state index contributed by atoms with van der Waals surface area (Å²) in [4.78, 5) is 0. The summed E-state index contributed by atoms with van der Waals surface area (Å²) >= 11 is 0. The Morgan fingerprint density at radius 3 is 1.90 bits per heavy atom. The molecule has 61 valence electrons. The second-order valence-electron chi connectivity index (χ2n) is 2.56. The Bertz CT molecular complexity index is 42.5. The third-order valence-electron chi connectivity index (χ3n) is 1.56. The number of unbranched alkanes of at least 4 members (excludes halogenated alkanes) is 5. The van der Waals surface area contributed by atoms with E-state index in [0.717, 1.165) is 6.54 Å². The van der Waals surface area contributed by atoms with E-state index in [9.17, 15) is 0 Å². The maximum Gasteiger partial charge on any atom is 0 e. The van der Waals surface area contributed by atoms with Crippen molar-refractivity contribution in [3.05, 3.63) is 0 Å². The van der Waals surface area contributed by atoms with Gasteiger partial charge in [-0.3, -0.25) is 0 Å². The first kappa shape index (κ1) is 13.4. The van der Waals surface area contributed by atoms with E-state index in [1.54, 1.807) is 0 Å². The molecule has 0 unspecified atom stereocenters. The van der Waals surface area contributed by atoms with E-state index in [-0.39, 0.29) is 26.2 Å². The SMILES string of the molecule is CCCCCCCCN.[Bi]. The van der Waals surface area contributed by atoms with Crippen LogP contribution in [-0.4, -0.2) is 32.7 Å². The van der Waals surface area contributed by atoms with Crippen molar-refractivity contribution >= 4 is 26.2 Å². The van der Waals surface area contributed by atoms with Crippen LogP contribution in [0.4, 0.5) is 0 Å². The fourth-order valence-electron chi connectivity index (χ4n) is 0.925. The van der Waals surface area contributed by atoms with Crippen LogP contribution in [0, 0.1) is 0 Å². The average molecular weight is 338 g/mol. The van der Waals surface area contributed by atoms with Crippen LogP contribution in [-0.2, 0) is 0 Å². The van der Waals surface area contributed by atoms with Crippen LogP contribution >= 0.6 is 0 Å². The van der Waals surface area contributed by atoms with Crippen LogP contribution in [0.3, 0.4) is 0 Å². The molecule has 0 rings (SSSR count). The number of rotatable bonds is 6. The Hall–Kier alpha value is 0.843. The molecule has 0 amide bonds. The molecule has 0 aromatic rings. The van der Waals surface area contributed by atoms with Crippen LogP contribution in [0.5, 0.6) is 0 Å². The van der Waals surface area contributed by atoms with Crippen molar-refractivity contribution in [2.24, 2.45) is 5.73 Å². The molecule has 0 aliphatic carbocycles. The first-order valence-electron chi connectivity index (χ1n) is 4.12. The van der Waals surface area contributed by atoms with Gasteiger partial charge in [-0.1, -0.05) is 39.0 Å². The van der Waals surface area contributed by atoms with Gasteiger partial charge in [-0.05, 0) is 13.0 Å². The van der Waals surface area contributed by atoms with Gasteiger partial charge in [0.15, 0.2) is 0 Å². The van der Waals surface area contributed by atoms with E-state index in [2.05, 4.69) is 6.92 Å². The van der Waals surface area contributed by atoms with Gasteiger partial charge < -0.3 is 5.73 Å². The van der Waals surface area contributed by atoms with Gasteiger partial charge in [0.05, 0.1) is 0 Å². The van der Waals surface area contributed by atoms with Gasteiger partial charge >= 0.3 is 0 Å². The van der Waals surface area contributed by atoms with Crippen LogP contribution < -0.4 is 5.73 Å². The monoisotopic (exact) mass is 338 g/mol. The fourth-order valence-corrected chi connectivity index (χ4v) is 0.925. The molecule has 3 radical (unpaired) electrons. The summed E-state index contributed by atoms with van der Waals surface area (Å²) in [6.07, 6.45) is 8.05. The number of nitrogens with two attached hydrogens (primary N) is 1. The predicted molar refractivity (Wildman–Crippen MR) is 48.2 cm³/mol. The zero-order valence-corrected chi connectivity index (χ0v) is 10.5. The maximum absolute atomic E-state index is 5.34. The van der Waals surface area contributed by atoms with Crippen molar-refractivity contribution in [3.8, 4) is 0 Å². The Labute approximate surface area is 83.9 Å². The van der Waals surface area contributed by atoms with Crippen molar-refractivity contribution in [2.75, 3.05) is 6.54 Å². The summed E-state index contributed by atoms with van der Waals surface area (Å²) in [5.74, 6) is 0. The molecule has 0 bridgehead atoms. The largest absolute Gasteiger partial charge is 0.330 e. The van der Waals surface area contributed by atoms with Crippen molar-refractivity contribution in [3.63, 3.8) is 0 Å². The molecule has 0 saturated carbocycles. The summed E-state index contributed by atoms with van der Waals surface area (Å²) in [5.41, 5.74) is 5.34. The summed E-state index contributed by atoms with van der Waals surface area (Å²) in [6.45, 7) is 3.11. The van der Waals surface area contributed by atoms with Gasteiger partial charge in [-0.15, -0.1) is 0 Å². The molecule has 2 heteroatoms.